The fourth-order valence-corrected chi connectivity index (χ4v) is 7.02. The molecule has 202 valence electrons. The average molecular weight is 533 g/mol. The Morgan fingerprint density at radius 1 is 0.853 bits per heavy atom. The lowest BCUT2D eigenvalue weighted by atomic mass is 9.94. The van der Waals surface area contributed by atoms with Crippen molar-refractivity contribution in [1.82, 2.24) is 0 Å². The Labute approximate surface area is 214 Å². The molecular formula is C26H56O5Si3. The van der Waals surface area contributed by atoms with Gasteiger partial charge >= 0.3 is 0 Å². The first-order valence-corrected chi connectivity index (χ1v) is 21.6. The van der Waals surface area contributed by atoms with Gasteiger partial charge in [0.25, 0.3) is 0 Å². The van der Waals surface area contributed by atoms with Crippen molar-refractivity contribution >= 4 is 31.2 Å². The Morgan fingerprint density at radius 3 is 1.68 bits per heavy atom. The van der Waals surface area contributed by atoms with Crippen LogP contribution < -0.4 is 0 Å². The molecule has 1 rings (SSSR count). The number of aldehydes is 1. The summed E-state index contributed by atoms with van der Waals surface area (Å²) in [6.07, 6.45) is 0.432. The zero-order valence-corrected chi connectivity index (χ0v) is 28.3. The van der Waals surface area contributed by atoms with Crippen molar-refractivity contribution in [1.29, 1.82) is 0 Å². The van der Waals surface area contributed by atoms with Gasteiger partial charge in [-0.15, -0.1) is 0 Å². The molecule has 0 amide bonds. The van der Waals surface area contributed by atoms with Gasteiger partial charge < -0.3 is 22.8 Å². The topological polar surface area (TPSA) is 54.0 Å². The van der Waals surface area contributed by atoms with Gasteiger partial charge in [-0.05, 0) is 61.3 Å². The molecule has 0 aromatic heterocycles. The molecule has 0 aromatic carbocycles. The highest BCUT2D eigenvalue weighted by Gasteiger charge is 2.54. The molecule has 4 atom stereocenters. The van der Waals surface area contributed by atoms with Crippen LogP contribution in [0, 0.1) is 0 Å². The molecule has 1 aliphatic rings. The van der Waals surface area contributed by atoms with Crippen molar-refractivity contribution in [3.05, 3.63) is 0 Å². The van der Waals surface area contributed by atoms with Crippen LogP contribution >= 0.6 is 0 Å². The highest BCUT2D eigenvalue weighted by atomic mass is 28.4. The summed E-state index contributed by atoms with van der Waals surface area (Å²) in [5.74, 6) is 0. The van der Waals surface area contributed by atoms with E-state index < -0.39 is 36.7 Å². The van der Waals surface area contributed by atoms with Crippen molar-refractivity contribution in [2.45, 2.75) is 154 Å². The van der Waals surface area contributed by atoms with Gasteiger partial charge in [0.2, 0.25) is 0 Å². The third-order valence-corrected chi connectivity index (χ3v) is 22.6. The van der Waals surface area contributed by atoms with Crippen LogP contribution in [0.4, 0.5) is 0 Å². The van der Waals surface area contributed by atoms with E-state index in [4.69, 9.17) is 18.0 Å². The number of hydrogen-bond acceptors (Lipinski definition) is 5. The van der Waals surface area contributed by atoms with Gasteiger partial charge in [-0.3, -0.25) is 0 Å². The number of rotatable bonds is 9. The Hall–Kier alpha value is 0.161. The number of carbonyl (C=O) groups is 1. The standard InChI is InChI=1S/C26H56O5Si3/c1-23(2,3)32(11,12)28-19-22(31-34(15,16)25(7,8)9)26(10)17-20(21(18-27)29-26)30-33(13,14)24(4,5)6/h18,20-22H,17,19H2,1-16H3/t20-,21-,22+,26-/m1/s1. The molecule has 0 radical (unpaired) electrons. The van der Waals surface area contributed by atoms with Crippen molar-refractivity contribution < 1.29 is 22.8 Å². The first-order valence-electron chi connectivity index (χ1n) is 12.9. The second-order valence-corrected chi connectivity index (χ2v) is 29.4. The highest BCUT2D eigenvalue weighted by Crippen LogP contribution is 2.46. The van der Waals surface area contributed by atoms with E-state index in [0.717, 1.165) is 6.29 Å². The normalized spacial score (nSPS) is 26.6. The van der Waals surface area contributed by atoms with Crippen molar-refractivity contribution in [2.75, 3.05) is 6.61 Å². The maximum atomic E-state index is 12.1. The van der Waals surface area contributed by atoms with Crippen LogP contribution in [0.1, 0.15) is 75.7 Å². The molecule has 5 nitrogen and oxygen atoms in total. The molecule has 8 heteroatoms. The van der Waals surface area contributed by atoms with E-state index in [9.17, 15) is 4.79 Å². The largest absolute Gasteiger partial charge is 0.414 e. The molecule has 1 heterocycles. The SMILES string of the molecule is CC(C)(C)[Si](C)(C)OC[C@H](O[Si](C)(C)C(C)(C)C)[C@@]1(C)C[C@@H](O[Si](C)(C)C(C)(C)C)[C@@H](C=O)O1. The fraction of sp³-hybridized carbons (Fsp3) is 0.962. The maximum absolute atomic E-state index is 12.1. The Kier molecular flexibility index (Phi) is 9.60. The molecule has 0 bridgehead atoms. The predicted molar refractivity (Wildman–Crippen MR) is 151 cm³/mol. The molecule has 0 saturated carbocycles. The lowest BCUT2D eigenvalue weighted by Crippen LogP contribution is -2.55. The molecule has 0 unspecified atom stereocenters. The summed E-state index contributed by atoms with van der Waals surface area (Å²) >= 11 is 0. The zero-order valence-electron chi connectivity index (χ0n) is 25.3. The van der Waals surface area contributed by atoms with Crippen molar-refractivity contribution in [2.24, 2.45) is 0 Å². The Bertz CT molecular complexity index is 701. The van der Waals surface area contributed by atoms with Crippen LogP contribution in [0.25, 0.3) is 0 Å². The van der Waals surface area contributed by atoms with Gasteiger partial charge in [0.1, 0.15) is 6.10 Å². The lowest BCUT2D eigenvalue weighted by molar-refractivity contribution is -0.136. The van der Waals surface area contributed by atoms with E-state index in [1.807, 2.05) is 0 Å². The molecule has 0 aliphatic carbocycles. The van der Waals surface area contributed by atoms with Gasteiger partial charge in [0.05, 0.1) is 24.4 Å². The summed E-state index contributed by atoms with van der Waals surface area (Å²) in [5.41, 5.74) is -0.656. The molecule has 1 aliphatic heterocycles. The summed E-state index contributed by atoms with van der Waals surface area (Å²) < 4.78 is 26.9. The zero-order chi connectivity index (χ0) is 27.2. The first-order chi connectivity index (χ1) is 14.8. The summed E-state index contributed by atoms with van der Waals surface area (Å²) in [6.45, 7) is 36.3. The van der Waals surface area contributed by atoms with Gasteiger partial charge in [0.15, 0.2) is 31.2 Å². The van der Waals surface area contributed by atoms with Crippen LogP contribution in [0.3, 0.4) is 0 Å². The second-order valence-electron chi connectivity index (χ2n) is 15.1. The lowest BCUT2D eigenvalue weighted by Gasteiger charge is -2.45. The first kappa shape index (κ1) is 32.2. The van der Waals surface area contributed by atoms with Gasteiger partial charge in [0, 0.05) is 6.42 Å². The summed E-state index contributed by atoms with van der Waals surface area (Å²) in [7, 11) is -6.18. The quantitative estimate of drug-likeness (QED) is 0.227. The van der Waals surface area contributed by atoms with Crippen molar-refractivity contribution in [3.63, 3.8) is 0 Å². The Balaban J connectivity index is 3.32. The van der Waals surface area contributed by atoms with Crippen LogP contribution in [0.2, 0.25) is 54.4 Å². The molecule has 1 saturated heterocycles. The molecule has 0 aromatic rings. The molecule has 0 spiro atoms. The third-order valence-electron chi connectivity index (χ3n) is 9.09. The summed E-state index contributed by atoms with van der Waals surface area (Å²) in [5, 5.41) is 0.214. The maximum Gasteiger partial charge on any atom is 0.192 e. The van der Waals surface area contributed by atoms with E-state index in [2.05, 4.69) is 109 Å². The number of ether oxygens (including phenoxy) is 1. The minimum atomic E-state index is -2.12. The van der Waals surface area contributed by atoms with Crippen LogP contribution in [-0.2, 0) is 22.8 Å². The summed E-state index contributed by atoms with van der Waals surface area (Å²) in [4.78, 5) is 12.1. The minimum absolute atomic E-state index is 0.0539. The van der Waals surface area contributed by atoms with Crippen LogP contribution in [0.5, 0.6) is 0 Å². The average Bonchev–Trinajstić information content (AvgIpc) is 2.91. The van der Waals surface area contributed by atoms with Crippen LogP contribution in [-0.4, -0.2) is 61.8 Å². The van der Waals surface area contributed by atoms with E-state index in [-0.39, 0.29) is 27.3 Å². The minimum Gasteiger partial charge on any atom is -0.414 e. The van der Waals surface area contributed by atoms with Crippen LogP contribution in [0.15, 0.2) is 0 Å². The Morgan fingerprint density at radius 2 is 1.29 bits per heavy atom. The molecule has 1 fully saturated rings. The molecule has 34 heavy (non-hydrogen) atoms. The molecular weight excluding hydrogens is 477 g/mol. The predicted octanol–water partition coefficient (Wildman–Crippen LogP) is 7.54. The summed E-state index contributed by atoms with van der Waals surface area (Å²) in [6, 6.07) is 0. The van der Waals surface area contributed by atoms with Gasteiger partial charge in [-0.1, -0.05) is 62.3 Å². The van der Waals surface area contributed by atoms with Gasteiger partial charge in [-0.25, -0.2) is 0 Å². The number of hydrogen-bond donors (Lipinski definition) is 0. The van der Waals surface area contributed by atoms with Gasteiger partial charge in [-0.2, -0.15) is 0 Å². The van der Waals surface area contributed by atoms with E-state index in [1.165, 1.54) is 0 Å². The monoisotopic (exact) mass is 532 g/mol. The van der Waals surface area contributed by atoms with E-state index in [0.29, 0.717) is 13.0 Å². The fourth-order valence-electron chi connectivity index (χ4n) is 3.31. The highest BCUT2D eigenvalue weighted by molar-refractivity contribution is 6.75. The van der Waals surface area contributed by atoms with E-state index >= 15 is 0 Å². The number of carbonyl (C=O) groups excluding carboxylic acids is 1. The van der Waals surface area contributed by atoms with Crippen molar-refractivity contribution in [3.8, 4) is 0 Å². The molecule has 0 N–H and O–H groups in total. The smallest absolute Gasteiger partial charge is 0.192 e. The van der Waals surface area contributed by atoms with E-state index in [1.54, 1.807) is 0 Å². The second kappa shape index (κ2) is 10.1. The third kappa shape index (κ3) is 7.35.